The third kappa shape index (κ3) is 7.06. The van der Waals surface area contributed by atoms with E-state index in [1.54, 1.807) is 41.3 Å². The van der Waals surface area contributed by atoms with Gasteiger partial charge in [-0.1, -0.05) is 18.2 Å². The number of anilines is 4. The van der Waals surface area contributed by atoms with Crippen LogP contribution in [0, 0.1) is 0 Å². The molecule has 2 aromatic carbocycles. The number of β-amino-alcohol motifs (C(OH)–C–C–N with tert-alkyl or cyclic N) is 2. The van der Waals surface area contributed by atoms with E-state index in [-0.39, 0.29) is 67.2 Å². The molecule has 2 aliphatic rings. The van der Waals surface area contributed by atoms with E-state index < -0.39 is 18.2 Å². The first-order valence-corrected chi connectivity index (χ1v) is 12.7. The summed E-state index contributed by atoms with van der Waals surface area (Å²) in [6.45, 7) is 1.50. The van der Waals surface area contributed by atoms with Crippen LogP contribution >= 0.6 is 12.4 Å². The maximum Gasteiger partial charge on any atom is 0.347 e. The van der Waals surface area contributed by atoms with Gasteiger partial charge in [-0.3, -0.25) is 0 Å². The van der Waals surface area contributed by atoms with Gasteiger partial charge in [-0.05, 0) is 30.7 Å². The number of nitrogens with one attached hydrogen (secondary N) is 1. The molecule has 0 bridgehead atoms. The molecule has 3 aromatic rings. The number of aliphatic hydroxyl groups excluding tert-OH is 2. The Bertz CT molecular complexity index is 1260. The number of nitrogens with zero attached hydrogens (tertiary/aromatic N) is 5. The average molecular weight is 573 g/mol. The zero-order valence-corrected chi connectivity index (χ0v) is 22.4. The van der Waals surface area contributed by atoms with Gasteiger partial charge in [0.05, 0.1) is 12.2 Å². The Morgan fingerprint density at radius 1 is 0.875 bits per heavy atom. The second-order valence-electron chi connectivity index (χ2n) is 9.93. The molecule has 2 fully saturated rings. The third-order valence-corrected chi connectivity index (χ3v) is 6.53. The number of piperidine rings is 2. The van der Waals surface area contributed by atoms with Gasteiger partial charge < -0.3 is 46.6 Å². The van der Waals surface area contributed by atoms with Crippen molar-refractivity contribution in [2.24, 2.45) is 11.5 Å². The minimum atomic E-state index is -0.734. The monoisotopic (exact) mass is 572 g/mol. The number of aromatic hydroxyl groups is 1. The van der Waals surface area contributed by atoms with E-state index in [9.17, 15) is 20.1 Å². The zero-order chi connectivity index (χ0) is 27.5. The van der Waals surface area contributed by atoms with Gasteiger partial charge in [-0.25, -0.2) is 4.79 Å². The number of carbonyl (C=O) groups is 1. The summed E-state index contributed by atoms with van der Waals surface area (Å²) in [7, 11) is 0. The van der Waals surface area contributed by atoms with Gasteiger partial charge >= 0.3 is 5.97 Å². The second-order valence-corrected chi connectivity index (χ2v) is 9.93. The summed E-state index contributed by atoms with van der Waals surface area (Å²) < 4.78 is 5.32. The van der Waals surface area contributed by atoms with Crippen molar-refractivity contribution in [3.8, 4) is 11.5 Å². The fourth-order valence-corrected chi connectivity index (χ4v) is 4.81. The maximum atomic E-state index is 12.5. The Morgan fingerprint density at radius 2 is 1.48 bits per heavy atom. The summed E-state index contributed by atoms with van der Waals surface area (Å²) in [5.74, 6) is 0.145. The molecule has 0 unspecified atom stereocenters. The predicted molar refractivity (Wildman–Crippen MR) is 151 cm³/mol. The number of aliphatic hydroxyl groups is 2. The number of nitrogens with two attached hydrogens (primary N) is 2. The van der Waals surface area contributed by atoms with Gasteiger partial charge in [-0.15, -0.1) is 12.4 Å². The first kappa shape index (κ1) is 29.2. The van der Waals surface area contributed by atoms with Crippen molar-refractivity contribution < 1.29 is 24.9 Å². The number of phenols is 1. The van der Waals surface area contributed by atoms with Crippen LogP contribution in [-0.4, -0.2) is 86.7 Å². The van der Waals surface area contributed by atoms with Crippen LogP contribution in [0.1, 0.15) is 23.2 Å². The normalized spacial score (nSPS) is 22.8. The van der Waals surface area contributed by atoms with Gasteiger partial charge in [0.2, 0.25) is 17.8 Å². The van der Waals surface area contributed by atoms with E-state index in [1.165, 1.54) is 12.1 Å². The van der Waals surface area contributed by atoms with Crippen molar-refractivity contribution in [2.45, 2.75) is 37.1 Å². The molecule has 4 atom stereocenters. The van der Waals surface area contributed by atoms with Gasteiger partial charge in [0.25, 0.3) is 0 Å². The Balaban J connectivity index is 0.00000370. The lowest BCUT2D eigenvalue weighted by Gasteiger charge is -2.36. The van der Waals surface area contributed by atoms with Crippen molar-refractivity contribution in [2.75, 3.05) is 41.3 Å². The number of halogens is 1. The topological polar surface area (TPSA) is 196 Å². The fraction of sp³-hybridized carbons (Fsp3) is 0.385. The number of rotatable bonds is 6. The molecule has 0 amide bonds. The summed E-state index contributed by atoms with van der Waals surface area (Å²) in [6, 6.07) is 12.7. The average Bonchev–Trinajstić information content (AvgIpc) is 2.88. The van der Waals surface area contributed by atoms with Crippen LogP contribution in [0.5, 0.6) is 11.5 Å². The van der Waals surface area contributed by atoms with Crippen molar-refractivity contribution in [3.05, 3.63) is 54.1 Å². The Morgan fingerprint density at radius 3 is 2.08 bits per heavy atom. The van der Waals surface area contributed by atoms with E-state index in [0.29, 0.717) is 36.9 Å². The lowest BCUT2D eigenvalue weighted by Crippen LogP contribution is -2.53. The molecule has 3 heterocycles. The number of carbonyl (C=O) groups excluding carboxylic acids is 1. The van der Waals surface area contributed by atoms with E-state index in [4.69, 9.17) is 16.2 Å². The van der Waals surface area contributed by atoms with E-state index >= 15 is 0 Å². The van der Waals surface area contributed by atoms with Crippen LogP contribution in [0.15, 0.2) is 48.5 Å². The minimum Gasteiger partial charge on any atom is -0.507 e. The van der Waals surface area contributed by atoms with Crippen molar-refractivity contribution in [1.29, 1.82) is 0 Å². The van der Waals surface area contributed by atoms with Gasteiger partial charge in [0.1, 0.15) is 17.1 Å². The largest absolute Gasteiger partial charge is 0.507 e. The molecule has 0 radical (unpaired) electrons. The smallest absolute Gasteiger partial charge is 0.347 e. The number of hydrogen-bond donors (Lipinski definition) is 6. The lowest BCUT2D eigenvalue weighted by atomic mass is 10.0. The van der Waals surface area contributed by atoms with Crippen molar-refractivity contribution >= 4 is 41.9 Å². The number of phenolic OH excluding ortho intramolecular Hbond substituents is 1. The molecule has 40 heavy (non-hydrogen) atoms. The second kappa shape index (κ2) is 12.6. The van der Waals surface area contributed by atoms with Crippen LogP contribution in [0.2, 0.25) is 0 Å². The number of hydrogen-bond acceptors (Lipinski definition) is 13. The Hall–Kier alpha value is -3.75. The van der Waals surface area contributed by atoms with Crippen LogP contribution in [0.25, 0.3) is 0 Å². The Kier molecular flexibility index (Phi) is 9.22. The molecule has 0 spiro atoms. The van der Waals surface area contributed by atoms with Crippen LogP contribution in [0.4, 0.5) is 23.5 Å². The van der Waals surface area contributed by atoms with E-state index in [0.717, 1.165) is 0 Å². The number of esters is 1. The summed E-state index contributed by atoms with van der Waals surface area (Å²) in [6.07, 6.45) is -0.513. The highest BCUT2D eigenvalue weighted by molar-refractivity contribution is 5.94. The van der Waals surface area contributed by atoms with E-state index in [1.807, 2.05) is 4.90 Å². The minimum absolute atomic E-state index is 0. The molecular weight excluding hydrogens is 540 g/mol. The van der Waals surface area contributed by atoms with Crippen LogP contribution in [-0.2, 0) is 0 Å². The molecule has 214 valence electrons. The summed E-state index contributed by atoms with van der Waals surface area (Å²) in [4.78, 5) is 29.8. The SMILES string of the molecule is Cl.N[C@@H]1C[C@H](N)CN(c2nc(Nc3ccc(C(=O)Oc4ccccc4)c(O)c3)nc(N3C[C@H](O)C[C@H](O)C3)n2)C1. The first-order valence-electron chi connectivity index (χ1n) is 12.7. The maximum absolute atomic E-state index is 12.5. The molecule has 2 aliphatic heterocycles. The van der Waals surface area contributed by atoms with Crippen LogP contribution < -0.4 is 31.3 Å². The van der Waals surface area contributed by atoms with E-state index in [2.05, 4.69) is 20.3 Å². The quantitative estimate of drug-likeness (QED) is 0.179. The number of ether oxygens (including phenoxy) is 1. The standard InChI is InChI=1S/C26H32N8O5.ClH/c27-15-8-16(28)12-33(11-15)25-30-24(31-26(32-25)34-13-18(35)10-19(36)14-34)29-17-6-7-21(22(37)9-17)23(38)39-20-4-2-1-3-5-20;/h1-7,9,15-16,18-19,35-37H,8,10-14,27-28H2,(H,29,30,31,32);1H/t15-,16+,18-,19+;. The molecule has 1 aromatic heterocycles. The molecule has 13 nitrogen and oxygen atoms in total. The van der Waals surface area contributed by atoms with Crippen molar-refractivity contribution in [1.82, 2.24) is 15.0 Å². The Labute approximate surface area is 237 Å². The number of benzene rings is 2. The number of para-hydroxylation sites is 1. The first-order chi connectivity index (χ1) is 18.7. The highest BCUT2D eigenvalue weighted by Gasteiger charge is 2.29. The highest BCUT2D eigenvalue weighted by Crippen LogP contribution is 2.28. The third-order valence-electron chi connectivity index (χ3n) is 6.53. The molecule has 5 rings (SSSR count). The zero-order valence-electron chi connectivity index (χ0n) is 21.6. The molecular formula is C26H33ClN8O5. The molecule has 14 heteroatoms. The van der Waals surface area contributed by atoms with Gasteiger partial charge in [-0.2, -0.15) is 15.0 Å². The van der Waals surface area contributed by atoms with Crippen LogP contribution in [0.3, 0.4) is 0 Å². The summed E-state index contributed by atoms with van der Waals surface area (Å²) in [5.41, 5.74) is 12.8. The molecule has 0 saturated carbocycles. The fourth-order valence-electron chi connectivity index (χ4n) is 4.81. The molecule has 8 N–H and O–H groups in total. The summed E-state index contributed by atoms with van der Waals surface area (Å²) >= 11 is 0. The highest BCUT2D eigenvalue weighted by atomic mass is 35.5. The van der Waals surface area contributed by atoms with Gasteiger partial charge in [0.15, 0.2) is 0 Å². The number of aromatic nitrogens is 3. The molecule has 2 saturated heterocycles. The van der Waals surface area contributed by atoms with Crippen molar-refractivity contribution in [3.63, 3.8) is 0 Å². The lowest BCUT2D eigenvalue weighted by molar-refractivity contribution is 0.0644. The predicted octanol–water partition coefficient (Wildman–Crippen LogP) is 0.758. The molecule has 0 aliphatic carbocycles. The summed E-state index contributed by atoms with van der Waals surface area (Å²) in [5, 5.41) is 34.0. The van der Waals surface area contributed by atoms with Gasteiger partial charge in [0, 0.05) is 56.4 Å².